The average Bonchev–Trinajstić information content (AvgIpc) is 3.53. The highest BCUT2D eigenvalue weighted by atomic mass is 32.1. The van der Waals surface area contributed by atoms with Gasteiger partial charge in [0.05, 0.1) is 27.1 Å². The van der Waals surface area contributed by atoms with Gasteiger partial charge in [-0.2, -0.15) is 0 Å². The van der Waals surface area contributed by atoms with Crippen molar-refractivity contribution >= 4 is 39.5 Å². The Kier molecular flexibility index (Phi) is 4.79. The Bertz CT molecular complexity index is 1260. The molecular formula is C23H16N2O2S2. The topological polar surface area (TPSA) is 56.0 Å². The number of fused-ring (bicyclic) bond motifs is 1. The number of aryl methyl sites for hydroxylation is 1. The van der Waals surface area contributed by atoms with Gasteiger partial charge in [0.2, 0.25) is 0 Å². The van der Waals surface area contributed by atoms with Gasteiger partial charge in [-0.05, 0) is 53.2 Å². The van der Waals surface area contributed by atoms with E-state index in [2.05, 4.69) is 12.1 Å². The number of carbonyl (C=O) groups is 1. The third-order valence-electron chi connectivity index (χ3n) is 4.67. The van der Waals surface area contributed by atoms with Crippen molar-refractivity contribution in [2.24, 2.45) is 0 Å². The number of nitrogens with zero attached hydrogens (tertiary/aromatic N) is 2. The summed E-state index contributed by atoms with van der Waals surface area (Å²) in [7, 11) is 0. The van der Waals surface area contributed by atoms with Crippen molar-refractivity contribution in [1.82, 2.24) is 9.97 Å². The number of aromatic nitrogens is 2. The van der Waals surface area contributed by atoms with Gasteiger partial charge < -0.3 is 4.42 Å². The molecule has 0 saturated heterocycles. The summed E-state index contributed by atoms with van der Waals surface area (Å²) in [6, 6.07) is 17.4. The maximum atomic E-state index is 12.7. The summed E-state index contributed by atoms with van der Waals surface area (Å²) < 4.78 is 5.32. The van der Waals surface area contributed by atoms with Crippen LogP contribution in [0.5, 0.6) is 0 Å². The SMILES string of the molecule is O=C(CCc1ccco1)c1ccc2nc(-c3cccs3)c(-c3cccs3)nc2c1. The van der Waals surface area contributed by atoms with E-state index in [1.54, 1.807) is 28.9 Å². The number of ketones is 1. The number of hydrogen-bond acceptors (Lipinski definition) is 6. The van der Waals surface area contributed by atoms with Crippen molar-refractivity contribution in [1.29, 1.82) is 0 Å². The van der Waals surface area contributed by atoms with Crippen LogP contribution in [0.3, 0.4) is 0 Å². The molecule has 0 amide bonds. The highest BCUT2D eigenvalue weighted by Crippen LogP contribution is 2.35. The molecule has 0 spiro atoms. The summed E-state index contributed by atoms with van der Waals surface area (Å²) in [5, 5.41) is 4.08. The molecule has 5 rings (SSSR count). The fourth-order valence-corrected chi connectivity index (χ4v) is 4.66. The molecule has 0 aliphatic heterocycles. The van der Waals surface area contributed by atoms with Gasteiger partial charge in [0.1, 0.15) is 17.1 Å². The van der Waals surface area contributed by atoms with Gasteiger partial charge in [-0.3, -0.25) is 4.79 Å². The molecule has 0 saturated carbocycles. The third kappa shape index (κ3) is 3.64. The van der Waals surface area contributed by atoms with Gasteiger partial charge in [-0.1, -0.05) is 12.1 Å². The molecule has 0 bridgehead atoms. The van der Waals surface area contributed by atoms with Crippen molar-refractivity contribution in [2.45, 2.75) is 12.8 Å². The molecule has 5 aromatic rings. The van der Waals surface area contributed by atoms with E-state index in [1.165, 1.54) is 0 Å². The maximum Gasteiger partial charge on any atom is 0.163 e. The monoisotopic (exact) mass is 416 g/mol. The molecule has 4 aromatic heterocycles. The van der Waals surface area contributed by atoms with Gasteiger partial charge in [0, 0.05) is 18.4 Å². The lowest BCUT2D eigenvalue weighted by molar-refractivity contribution is 0.0981. The van der Waals surface area contributed by atoms with Crippen molar-refractivity contribution in [2.75, 3.05) is 0 Å². The predicted molar refractivity (Wildman–Crippen MR) is 118 cm³/mol. The third-order valence-corrected chi connectivity index (χ3v) is 6.43. The van der Waals surface area contributed by atoms with Gasteiger partial charge in [0.25, 0.3) is 0 Å². The quantitative estimate of drug-likeness (QED) is 0.297. The number of carbonyl (C=O) groups excluding carboxylic acids is 1. The maximum absolute atomic E-state index is 12.7. The summed E-state index contributed by atoms with van der Waals surface area (Å²) in [6.45, 7) is 0. The van der Waals surface area contributed by atoms with Crippen LogP contribution in [0.4, 0.5) is 0 Å². The molecule has 0 fully saturated rings. The summed E-state index contributed by atoms with van der Waals surface area (Å²) in [6.07, 6.45) is 2.62. The first kappa shape index (κ1) is 18.0. The van der Waals surface area contributed by atoms with Gasteiger partial charge in [-0.25, -0.2) is 9.97 Å². The molecule has 6 heteroatoms. The van der Waals surface area contributed by atoms with Gasteiger partial charge in [0.15, 0.2) is 5.78 Å². The highest BCUT2D eigenvalue weighted by molar-refractivity contribution is 7.14. The normalized spacial score (nSPS) is 11.2. The van der Waals surface area contributed by atoms with E-state index in [1.807, 2.05) is 53.2 Å². The second kappa shape index (κ2) is 7.73. The summed E-state index contributed by atoms with van der Waals surface area (Å²) in [5.74, 6) is 0.893. The largest absolute Gasteiger partial charge is 0.469 e. The van der Waals surface area contributed by atoms with Crippen molar-refractivity contribution in [3.8, 4) is 21.1 Å². The Morgan fingerprint density at radius 1 is 0.862 bits per heavy atom. The van der Waals surface area contributed by atoms with Gasteiger partial charge >= 0.3 is 0 Å². The Morgan fingerprint density at radius 3 is 2.21 bits per heavy atom. The molecule has 0 N–H and O–H groups in total. The number of furan rings is 1. The lowest BCUT2D eigenvalue weighted by Crippen LogP contribution is -2.02. The van der Waals surface area contributed by atoms with Crippen LogP contribution in [0, 0.1) is 0 Å². The fraction of sp³-hybridized carbons (Fsp3) is 0.0870. The minimum Gasteiger partial charge on any atom is -0.469 e. The first-order valence-electron chi connectivity index (χ1n) is 9.23. The molecule has 0 aliphatic rings. The summed E-state index contributed by atoms with van der Waals surface area (Å²) in [4.78, 5) is 24.6. The second-order valence-electron chi connectivity index (χ2n) is 6.58. The smallest absolute Gasteiger partial charge is 0.163 e. The zero-order valence-electron chi connectivity index (χ0n) is 15.4. The molecular weight excluding hydrogens is 400 g/mol. The van der Waals surface area contributed by atoms with Crippen LogP contribution in [0.25, 0.3) is 32.2 Å². The number of Topliss-reactive ketones (excluding diaryl/α,β-unsaturated/α-hetero) is 1. The van der Waals surface area contributed by atoms with E-state index in [-0.39, 0.29) is 5.78 Å². The van der Waals surface area contributed by atoms with E-state index < -0.39 is 0 Å². The Labute approximate surface area is 175 Å². The molecule has 4 nitrogen and oxygen atoms in total. The van der Waals surface area contributed by atoms with Crippen molar-refractivity contribution in [3.63, 3.8) is 0 Å². The van der Waals surface area contributed by atoms with Crippen LogP contribution in [-0.4, -0.2) is 15.8 Å². The van der Waals surface area contributed by atoms with Crippen LogP contribution in [-0.2, 0) is 6.42 Å². The van der Waals surface area contributed by atoms with Crippen LogP contribution in [0.2, 0.25) is 0 Å². The van der Waals surface area contributed by atoms with Crippen molar-refractivity contribution < 1.29 is 9.21 Å². The summed E-state index contributed by atoms with van der Waals surface area (Å²) in [5.41, 5.74) is 3.91. The lowest BCUT2D eigenvalue weighted by atomic mass is 10.0. The zero-order valence-corrected chi connectivity index (χ0v) is 17.0. The highest BCUT2D eigenvalue weighted by Gasteiger charge is 2.16. The first-order valence-corrected chi connectivity index (χ1v) is 11.0. The minimum atomic E-state index is 0.0742. The van der Waals surface area contributed by atoms with Crippen LogP contribution >= 0.6 is 22.7 Å². The molecule has 0 unspecified atom stereocenters. The Morgan fingerprint density at radius 2 is 1.59 bits per heavy atom. The van der Waals surface area contributed by atoms with E-state index >= 15 is 0 Å². The minimum absolute atomic E-state index is 0.0742. The van der Waals surface area contributed by atoms with E-state index in [0.717, 1.165) is 37.9 Å². The Balaban J connectivity index is 1.54. The molecule has 0 atom stereocenters. The number of rotatable bonds is 6. The molecule has 4 heterocycles. The molecule has 142 valence electrons. The van der Waals surface area contributed by atoms with Crippen LogP contribution < -0.4 is 0 Å². The first-order chi connectivity index (χ1) is 14.3. The summed E-state index contributed by atoms with van der Waals surface area (Å²) >= 11 is 3.29. The number of hydrogen-bond donors (Lipinski definition) is 0. The zero-order chi connectivity index (χ0) is 19.6. The van der Waals surface area contributed by atoms with E-state index in [4.69, 9.17) is 14.4 Å². The van der Waals surface area contributed by atoms with E-state index in [0.29, 0.717) is 18.4 Å². The predicted octanol–water partition coefficient (Wildman–Crippen LogP) is 6.50. The number of thiophene rings is 2. The van der Waals surface area contributed by atoms with Gasteiger partial charge in [-0.15, -0.1) is 22.7 Å². The molecule has 0 aliphatic carbocycles. The number of benzene rings is 1. The van der Waals surface area contributed by atoms with Crippen LogP contribution in [0.15, 0.2) is 76.0 Å². The average molecular weight is 417 g/mol. The van der Waals surface area contributed by atoms with Crippen LogP contribution in [0.1, 0.15) is 22.5 Å². The van der Waals surface area contributed by atoms with E-state index in [9.17, 15) is 4.79 Å². The second-order valence-corrected chi connectivity index (χ2v) is 8.48. The molecule has 1 aromatic carbocycles. The molecule has 29 heavy (non-hydrogen) atoms. The lowest BCUT2D eigenvalue weighted by Gasteiger charge is -2.08. The van der Waals surface area contributed by atoms with Crippen molar-refractivity contribution in [3.05, 3.63) is 82.9 Å². The Hall–Kier alpha value is -3.09. The molecule has 0 radical (unpaired) electrons. The fourth-order valence-electron chi connectivity index (χ4n) is 3.23. The standard InChI is InChI=1S/C23H16N2O2S2/c26-19(10-8-16-4-1-11-27-16)15-7-9-17-18(14-15)25-23(21-6-3-13-29-21)22(24-17)20-5-2-12-28-20/h1-7,9,11-14H,8,10H2.